The molecule has 0 saturated carbocycles. The van der Waals surface area contributed by atoms with E-state index >= 15 is 0 Å². The lowest BCUT2D eigenvalue weighted by Gasteiger charge is -2.18. The Kier molecular flexibility index (Phi) is 10.4. The second-order valence-corrected chi connectivity index (χ2v) is 6.99. The minimum absolute atomic E-state index is 0.284. The maximum Gasteiger partial charge on any atom is 0.124 e. The fourth-order valence-corrected chi connectivity index (χ4v) is 3.13. The van der Waals surface area contributed by atoms with E-state index in [2.05, 4.69) is 31.3 Å². The van der Waals surface area contributed by atoms with Gasteiger partial charge >= 0.3 is 0 Å². The lowest BCUT2D eigenvalue weighted by Crippen LogP contribution is -2.21. The molecule has 0 aliphatic heterocycles. The van der Waals surface area contributed by atoms with Crippen LogP contribution in [0.3, 0.4) is 0 Å². The zero-order chi connectivity index (χ0) is 19.2. The SMILES string of the molecule is CCCCCCCCNC(C)c1ccccc1OCCOc1ccccc1. The fraction of sp³-hybridized carbons (Fsp3) is 0.500. The van der Waals surface area contributed by atoms with Crippen molar-refractivity contribution in [2.75, 3.05) is 19.8 Å². The Morgan fingerprint density at radius 1 is 0.778 bits per heavy atom. The van der Waals surface area contributed by atoms with Crippen molar-refractivity contribution >= 4 is 0 Å². The number of benzene rings is 2. The van der Waals surface area contributed by atoms with Gasteiger partial charge in [0, 0.05) is 11.6 Å². The lowest BCUT2D eigenvalue weighted by molar-refractivity contribution is 0.215. The maximum absolute atomic E-state index is 5.99. The van der Waals surface area contributed by atoms with Gasteiger partial charge in [-0.2, -0.15) is 0 Å². The van der Waals surface area contributed by atoms with Gasteiger partial charge in [0.15, 0.2) is 0 Å². The summed E-state index contributed by atoms with van der Waals surface area (Å²) in [5.41, 5.74) is 1.21. The quantitative estimate of drug-likeness (QED) is 0.405. The zero-order valence-electron chi connectivity index (χ0n) is 17.0. The Labute approximate surface area is 165 Å². The van der Waals surface area contributed by atoms with Crippen LogP contribution in [0.2, 0.25) is 0 Å². The molecule has 1 N–H and O–H groups in total. The van der Waals surface area contributed by atoms with E-state index in [1.165, 1.54) is 44.1 Å². The van der Waals surface area contributed by atoms with Crippen molar-refractivity contribution in [2.45, 2.75) is 58.4 Å². The van der Waals surface area contributed by atoms with Gasteiger partial charge in [0.2, 0.25) is 0 Å². The van der Waals surface area contributed by atoms with Gasteiger partial charge in [-0.05, 0) is 38.1 Å². The normalized spacial score (nSPS) is 11.9. The maximum atomic E-state index is 5.99. The summed E-state index contributed by atoms with van der Waals surface area (Å²) >= 11 is 0. The topological polar surface area (TPSA) is 30.5 Å². The molecule has 1 atom stereocenters. The first kappa shape index (κ1) is 21.3. The van der Waals surface area contributed by atoms with Crippen molar-refractivity contribution in [3.8, 4) is 11.5 Å². The van der Waals surface area contributed by atoms with E-state index in [9.17, 15) is 0 Å². The van der Waals surface area contributed by atoms with Crippen LogP contribution >= 0.6 is 0 Å². The Balaban J connectivity index is 1.70. The molecule has 2 rings (SSSR count). The number of hydrogen-bond donors (Lipinski definition) is 1. The van der Waals surface area contributed by atoms with E-state index < -0.39 is 0 Å². The second kappa shape index (κ2) is 13.2. The van der Waals surface area contributed by atoms with E-state index in [1.54, 1.807) is 0 Å². The molecule has 0 spiro atoms. The monoisotopic (exact) mass is 369 g/mol. The first-order chi connectivity index (χ1) is 13.3. The molecular weight excluding hydrogens is 334 g/mol. The predicted molar refractivity (Wildman–Crippen MR) is 114 cm³/mol. The van der Waals surface area contributed by atoms with Crippen LogP contribution in [-0.2, 0) is 0 Å². The Morgan fingerprint density at radius 3 is 2.26 bits per heavy atom. The molecule has 1 unspecified atom stereocenters. The van der Waals surface area contributed by atoms with Gasteiger partial charge in [0.25, 0.3) is 0 Å². The van der Waals surface area contributed by atoms with Gasteiger partial charge in [0.05, 0.1) is 0 Å². The van der Waals surface area contributed by atoms with Crippen molar-refractivity contribution in [3.05, 3.63) is 60.2 Å². The van der Waals surface area contributed by atoms with Crippen LogP contribution in [0.5, 0.6) is 11.5 Å². The molecule has 0 bridgehead atoms. The third kappa shape index (κ3) is 8.49. The standard InChI is InChI=1S/C24H35NO2/c1-3-4-5-6-7-13-18-25-21(2)23-16-11-12-17-24(23)27-20-19-26-22-14-9-8-10-15-22/h8-12,14-17,21,25H,3-7,13,18-20H2,1-2H3. The average molecular weight is 370 g/mol. The highest BCUT2D eigenvalue weighted by atomic mass is 16.5. The molecule has 0 amide bonds. The van der Waals surface area contributed by atoms with Crippen LogP contribution in [0.4, 0.5) is 0 Å². The molecule has 2 aromatic carbocycles. The molecule has 3 nitrogen and oxygen atoms in total. The van der Waals surface area contributed by atoms with Crippen LogP contribution in [-0.4, -0.2) is 19.8 Å². The predicted octanol–water partition coefficient (Wildman–Crippen LogP) is 6.16. The summed E-state index contributed by atoms with van der Waals surface area (Å²) < 4.78 is 11.7. The van der Waals surface area contributed by atoms with Crippen LogP contribution in [0, 0.1) is 0 Å². The molecule has 0 aliphatic carbocycles. The average Bonchev–Trinajstić information content (AvgIpc) is 2.71. The summed E-state index contributed by atoms with van der Waals surface area (Å²) in [4.78, 5) is 0. The van der Waals surface area contributed by atoms with Gasteiger partial charge < -0.3 is 14.8 Å². The molecule has 2 aromatic rings. The van der Waals surface area contributed by atoms with Gasteiger partial charge in [-0.3, -0.25) is 0 Å². The van der Waals surface area contributed by atoms with E-state index in [4.69, 9.17) is 9.47 Å². The molecule has 0 fully saturated rings. The molecule has 0 heterocycles. The first-order valence-electron chi connectivity index (χ1n) is 10.4. The number of para-hydroxylation sites is 2. The Bertz CT molecular complexity index is 615. The molecular formula is C24H35NO2. The van der Waals surface area contributed by atoms with Crippen molar-refractivity contribution < 1.29 is 9.47 Å². The molecule has 0 radical (unpaired) electrons. The summed E-state index contributed by atoms with van der Waals surface area (Å²) in [6, 6.07) is 18.4. The molecule has 0 aromatic heterocycles. The van der Waals surface area contributed by atoms with E-state index in [0.29, 0.717) is 13.2 Å². The summed E-state index contributed by atoms with van der Waals surface area (Å²) in [5, 5.41) is 3.64. The minimum Gasteiger partial charge on any atom is -0.490 e. The summed E-state index contributed by atoms with van der Waals surface area (Å²) in [6.07, 6.45) is 7.94. The number of ether oxygens (including phenoxy) is 2. The van der Waals surface area contributed by atoms with E-state index in [1.807, 2.05) is 42.5 Å². The lowest BCUT2D eigenvalue weighted by atomic mass is 10.1. The number of nitrogens with one attached hydrogen (secondary N) is 1. The van der Waals surface area contributed by atoms with Gasteiger partial charge in [0.1, 0.15) is 24.7 Å². The van der Waals surface area contributed by atoms with Crippen LogP contribution in [0.15, 0.2) is 54.6 Å². The van der Waals surface area contributed by atoms with Crippen molar-refractivity contribution in [3.63, 3.8) is 0 Å². The van der Waals surface area contributed by atoms with E-state index in [-0.39, 0.29) is 6.04 Å². The van der Waals surface area contributed by atoms with Gasteiger partial charge in [-0.1, -0.05) is 75.4 Å². The molecule has 3 heteroatoms. The molecule has 27 heavy (non-hydrogen) atoms. The number of hydrogen-bond acceptors (Lipinski definition) is 3. The molecule has 148 valence electrons. The summed E-state index contributed by atoms with van der Waals surface area (Å²) in [7, 11) is 0. The largest absolute Gasteiger partial charge is 0.490 e. The van der Waals surface area contributed by atoms with Crippen molar-refractivity contribution in [2.24, 2.45) is 0 Å². The molecule has 0 saturated heterocycles. The summed E-state index contributed by atoms with van der Waals surface area (Å²) in [5.74, 6) is 1.82. The second-order valence-electron chi connectivity index (χ2n) is 6.99. The minimum atomic E-state index is 0.284. The fourth-order valence-electron chi connectivity index (χ4n) is 3.13. The highest BCUT2D eigenvalue weighted by Gasteiger charge is 2.10. The number of rotatable bonds is 14. The van der Waals surface area contributed by atoms with Gasteiger partial charge in [-0.25, -0.2) is 0 Å². The van der Waals surface area contributed by atoms with Crippen LogP contribution in [0.25, 0.3) is 0 Å². The van der Waals surface area contributed by atoms with Gasteiger partial charge in [-0.15, -0.1) is 0 Å². The highest BCUT2D eigenvalue weighted by molar-refractivity contribution is 5.35. The van der Waals surface area contributed by atoms with Crippen LogP contribution < -0.4 is 14.8 Å². The third-order valence-electron chi connectivity index (χ3n) is 4.72. The third-order valence-corrected chi connectivity index (χ3v) is 4.72. The zero-order valence-corrected chi connectivity index (χ0v) is 17.0. The highest BCUT2D eigenvalue weighted by Crippen LogP contribution is 2.25. The smallest absolute Gasteiger partial charge is 0.124 e. The first-order valence-corrected chi connectivity index (χ1v) is 10.4. The Hall–Kier alpha value is -2.00. The summed E-state index contributed by atoms with van der Waals surface area (Å²) in [6.45, 7) is 6.60. The number of unbranched alkanes of at least 4 members (excludes halogenated alkanes) is 5. The van der Waals surface area contributed by atoms with Crippen LogP contribution in [0.1, 0.15) is 64.0 Å². The Morgan fingerprint density at radius 2 is 1.44 bits per heavy atom. The molecule has 0 aliphatic rings. The van der Waals surface area contributed by atoms with Crippen molar-refractivity contribution in [1.82, 2.24) is 5.32 Å². The van der Waals surface area contributed by atoms with Crippen molar-refractivity contribution in [1.29, 1.82) is 0 Å². The van der Waals surface area contributed by atoms with E-state index in [0.717, 1.165) is 18.0 Å².